The molecule has 0 saturated heterocycles. The van der Waals surface area contributed by atoms with Crippen LogP contribution in [0.1, 0.15) is 25.1 Å². The number of rotatable bonds is 0. The van der Waals surface area contributed by atoms with E-state index < -0.39 is 0 Å². The molecule has 0 aromatic carbocycles. The Morgan fingerprint density at radius 1 is 1.40 bits per heavy atom. The van der Waals surface area contributed by atoms with Crippen LogP contribution in [0, 0.1) is 0 Å². The first-order valence-corrected chi connectivity index (χ1v) is 7.72. The summed E-state index contributed by atoms with van der Waals surface area (Å²) in [5, 5.41) is 1.40. The fourth-order valence-electron chi connectivity index (χ4n) is 2.75. The number of hydrogen-bond donors (Lipinski definition) is 0. The average Bonchev–Trinajstić information content (AvgIpc) is 2.84. The molecular weight excluding hydrogens is 274 g/mol. The predicted octanol–water partition coefficient (Wildman–Crippen LogP) is 1.75. The highest BCUT2D eigenvalue weighted by molar-refractivity contribution is 7.99. The number of hydrogen-bond acceptors (Lipinski definition) is 5. The van der Waals surface area contributed by atoms with Crippen molar-refractivity contribution >= 4 is 22.8 Å². The number of thioether (sulfide) groups is 1. The van der Waals surface area contributed by atoms with Gasteiger partial charge in [-0.25, -0.2) is 9.97 Å². The third-order valence-corrected chi connectivity index (χ3v) is 4.79. The number of ether oxygens (including phenoxy) is 1. The Morgan fingerprint density at radius 2 is 2.25 bits per heavy atom. The first-order chi connectivity index (χ1) is 9.53. The highest BCUT2D eigenvalue weighted by Crippen LogP contribution is 2.29. The number of pyridine rings is 1. The molecule has 0 amide bonds. The van der Waals surface area contributed by atoms with Gasteiger partial charge in [-0.1, -0.05) is 11.8 Å². The van der Waals surface area contributed by atoms with Crippen molar-refractivity contribution in [1.82, 2.24) is 14.5 Å². The molecule has 4 rings (SSSR count). The van der Waals surface area contributed by atoms with E-state index in [0.29, 0.717) is 17.6 Å². The summed E-state index contributed by atoms with van der Waals surface area (Å²) >= 11 is 1.62. The van der Waals surface area contributed by atoms with Gasteiger partial charge in [-0.15, -0.1) is 0 Å². The van der Waals surface area contributed by atoms with Crippen LogP contribution in [0.4, 0.5) is 0 Å². The van der Waals surface area contributed by atoms with Gasteiger partial charge in [0.2, 0.25) is 0 Å². The molecule has 2 aliphatic rings. The van der Waals surface area contributed by atoms with Crippen molar-refractivity contribution in [2.75, 3.05) is 5.75 Å². The Labute approximate surface area is 120 Å². The minimum absolute atomic E-state index is 0.0233. The van der Waals surface area contributed by atoms with Crippen LogP contribution in [0.5, 0.6) is 0 Å². The maximum Gasteiger partial charge on any atom is 0.263 e. The van der Waals surface area contributed by atoms with Gasteiger partial charge in [0, 0.05) is 24.3 Å². The Morgan fingerprint density at radius 3 is 3.10 bits per heavy atom. The van der Waals surface area contributed by atoms with Crippen LogP contribution in [0.3, 0.4) is 0 Å². The van der Waals surface area contributed by atoms with E-state index in [1.807, 2.05) is 6.07 Å². The normalized spacial score (nSPS) is 19.9. The van der Waals surface area contributed by atoms with Crippen molar-refractivity contribution in [3.63, 3.8) is 0 Å². The van der Waals surface area contributed by atoms with Crippen molar-refractivity contribution in [2.45, 2.75) is 44.2 Å². The number of fused-ring (bicyclic) bond motifs is 3. The minimum atomic E-state index is -0.200. The second-order valence-corrected chi connectivity index (χ2v) is 6.95. The summed E-state index contributed by atoms with van der Waals surface area (Å²) in [5.74, 6) is 0.911. The van der Waals surface area contributed by atoms with Gasteiger partial charge in [-0.2, -0.15) is 0 Å². The molecule has 0 radical (unpaired) electrons. The summed E-state index contributed by atoms with van der Waals surface area (Å²) in [6.45, 7) is 5.37. The highest BCUT2D eigenvalue weighted by Gasteiger charge is 2.28. The van der Waals surface area contributed by atoms with Crippen molar-refractivity contribution in [2.24, 2.45) is 0 Å². The summed E-state index contributed by atoms with van der Waals surface area (Å²) in [6, 6.07) is 1.92. The van der Waals surface area contributed by atoms with Gasteiger partial charge in [-0.05, 0) is 19.9 Å². The lowest BCUT2D eigenvalue weighted by Crippen LogP contribution is -2.33. The van der Waals surface area contributed by atoms with Gasteiger partial charge in [0.05, 0.1) is 23.3 Å². The summed E-state index contributed by atoms with van der Waals surface area (Å²) in [5.41, 5.74) is 2.42. The standard InChI is InChI=1S/C14H15N3O2S/c1-14(2)6-10-8(7-19-14)5-9-11(15-10)16-13-17(12(9)18)3-4-20-13/h5H,3-4,6-7H2,1-2H3. The van der Waals surface area contributed by atoms with Crippen LogP contribution in [0.25, 0.3) is 11.0 Å². The summed E-state index contributed by atoms with van der Waals surface area (Å²) in [4.78, 5) is 21.6. The fraction of sp³-hybridized carbons (Fsp3) is 0.500. The topological polar surface area (TPSA) is 57.0 Å². The van der Waals surface area contributed by atoms with E-state index in [1.165, 1.54) is 0 Å². The van der Waals surface area contributed by atoms with E-state index in [9.17, 15) is 4.79 Å². The Balaban J connectivity index is 1.97. The quantitative estimate of drug-likeness (QED) is 0.692. The van der Waals surface area contributed by atoms with Gasteiger partial charge in [0.1, 0.15) is 0 Å². The lowest BCUT2D eigenvalue weighted by molar-refractivity contribution is -0.0411. The van der Waals surface area contributed by atoms with Crippen LogP contribution in [0.15, 0.2) is 16.0 Å². The molecule has 2 aromatic heterocycles. The molecule has 0 fully saturated rings. The number of nitrogens with zero attached hydrogens (tertiary/aromatic N) is 3. The molecule has 0 aliphatic carbocycles. The highest BCUT2D eigenvalue weighted by atomic mass is 32.2. The molecule has 6 heteroatoms. The molecule has 5 nitrogen and oxygen atoms in total. The molecule has 104 valence electrons. The van der Waals surface area contributed by atoms with E-state index >= 15 is 0 Å². The van der Waals surface area contributed by atoms with E-state index in [1.54, 1.807) is 16.3 Å². The van der Waals surface area contributed by atoms with Gasteiger partial charge in [-0.3, -0.25) is 9.36 Å². The van der Waals surface area contributed by atoms with Gasteiger partial charge in [0.25, 0.3) is 5.56 Å². The molecule has 0 unspecified atom stereocenters. The zero-order valence-electron chi connectivity index (χ0n) is 11.5. The second-order valence-electron chi connectivity index (χ2n) is 5.89. The average molecular weight is 289 g/mol. The van der Waals surface area contributed by atoms with Crippen molar-refractivity contribution < 1.29 is 4.74 Å². The molecule has 2 aliphatic heterocycles. The fourth-order valence-corrected chi connectivity index (χ4v) is 3.69. The Kier molecular flexibility index (Phi) is 2.50. The summed E-state index contributed by atoms with van der Waals surface area (Å²) in [7, 11) is 0. The second kappa shape index (κ2) is 4.05. The zero-order chi connectivity index (χ0) is 13.9. The van der Waals surface area contributed by atoms with E-state index in [2.05, 4.69) is 23.8 Å². The first kappa shape index (κ1) is 12.3. The van der Waals surface area contributed by atoms with Crippen molar-refractivity contribution in [3.8, 4) is 0 Å². The molecule has 0 bridgehead atoms. The van der Waals surface area contributed by atoms with Crippen molar-refractivity contribution in [1.29, 1.82) is 0 Å². The zero-order valence-corrected chi connectivity index (χ0v) is 12.3. The molecule has 4 heterocycles. The van der Waals surface area contributed by atoms with E-state index in [-0.39, 0.29) is 11.2 Å². The Bertz CT molecular complexity index is 782. The predicted molar refractivity (Wildman–Crippen MR) is 77.1 cm³/mol. The number of aromatic nitrogens is 3. The van der Waals surface area contributed by atoms with E-state index in [0.717, 1.165) is 35.1 Å². The summed E-state index contributed by atoms with van der Waals surface area (Å²) in [6.07, 6.45) is 0.755. The largest absolute Gasteiger partial charge is 0.370 e. The van der Waals surface area contributed by atoms with Gasteiger partial charge < -0.3 is 4.74 Å². The van der Waals surface area contributed by atoms with Crippen LogP contribution in [-0.4, -0.2) is 25.9 Å². The Hall–Kier alpha value is -1.40. The maximum atomic E-state index is 12.5. The first-order valence-electron chi connectivity index (χ1n) is 6.74. The van der Waals surface area contributed by atoms with Gasteiger partial charge >= 0.3 is 0 Å². The smallest absolute Gasteiger partial charge is 0.263 e. The maximum absolute atomic E-state index is 12.5. The van der Waals surface area contributed by atoms with Crippen LogP contribution in [0.2, 0.25) is 0 Å². The molecule has 0 N–H and O–H groups in total. The molecule has 0 spiro atoms. The molecule has 0 saturated carbocycles. The SMILES string of the molecule is CC1(C)Cc2nc3nc4n(c(=O)c3cc2CO1)CCS4. The molecule has 20 heavy (non-hydrogen) atoms. The lowest BCUT2D eigenvalue weighted by Gasteiger charge is -2.31. The van der Waals surface area contributed by atoms with Crippen LogP contribution >= 0.6 is 11.8 Å². The molecule has 0 atom stereocenters. The lowest BCUT2D eigenvalue weighted by atomic mass is 9.95. The third-order valence-electron chi connectivity index (χ3n) is 3.84. The molecule has 2 aromatic rings. The van der Waals surface area contributed by atoms with Crippen LogP contribution in [-0.2, 0) is 24.3 Å². The monoisotopic (exact) mass is 289 g/mol. The van der Waals surface area contributed by atoms with Crippen LogP contribution < -0.4 is 5.56 Å². The van der Waals surface area contributed by atoms with E-state index in [4.69, 9.17) is 4.74 Å². The van der Waals surface area contributed by atoms with Crippen molar-refractivity contribution in [3.05, 3.63) is 27.7 Å². The minimum Gasteiger partial charge on any atom is -0.370 e. The third kappa shape index (κ3) is 1.78. The summed E-state index contributed by atoms with van der Waals surface area (Å²) < 4.78 is 7.54. The van der Waals surface area contributed by atoms with Gasteiger partial charge in [0.15, 0.2) is 10.8 Å². The molecular formula is C14H15N3O2S.